The maximum absolute atomic E-state index is 11.7. The molecule has 1 aliphatic carbocycles. The van der Waals surface area contributed by atoms with Crippen LogP contribution >= 0.6 is 0 Å². The molecule has 1 saturated carbocycles. The maximum Gasteiger partial charge on any atom is 0.133 e. The smallest absolute Gasteiger partial charge is 0.133 e. The Morgan fingerprint density at radius 2 is 2.06 bits per heavy atom. The Morgan fingerprint density at radius 1 is 1.39 bits per heavy atom. The van der Waals surface area contributed by atoms with Gasteiger partial charge in [0.15, 0.2) is 0 Å². The van der Waals surface area contributed by atoms with Crippen LogP contribution in [0.2, 0.25) is 0 Å². The van der Waals surface area contributed by atoms with Crippen LogP contribution in [0.25, 0.3) is 0 Å². The van der Waals surface area contributed by atoms with Gasteiger partial charge in [-0.05, 0) is 36.3 Å². The van der Waals surface area contributed by atoms with Crippen molar-refractivity contribution in [3.05, 3.63) is 47.5 Å². The van der Waals surface area contributed by atoms with Gasteiger partial charge in [0.25, 0.3) is 0 Å². The molecule has 18 heavy (non-hydrogen) atoms. The Morgan fingerprint density at radius 3 is 2.61 bits per heavy atom. The maximum atomic E-state index is 11.7. The summed E-state index contributed by atoms with van der Waals surface area (Å²) in [5.41, 5.74) is 3.26. The number of carbonyl (C=O) groups is 1. The molecule has 1 aromatic carbocycles. The van der Waals surface area contributed by atoms with Gasteiger partial charge in [-0.15, -0.1) is 0 Å². The molecule has 0 aromatic heterocycles. The summed E-state index contributed by atoms with van der Waals surface area (Å²) >= 11 is 0. The lowest BCUT2D eigenvalue weighted by Crippen LogP contribution is -2.24. The molecule has 0 heterocycles. The second kappa shape index (κ2) is 5.49. The van der Waals surface area contributed by atoms with Crippen molar-refractivity contribution in [2.45, 2.75) is 38.7 Å². The number of aliphatic hydroxyl groups excluding tert-OH is 1. The fourth-order valence-corrected chi connectivity index (χ4v) is 2.82. The highest BCUT2D eigenvalue weighted by atomic mass is 16.3. The summed E-state index contributed by atoms with van der Waals surface area (Å²) in [4.78, 5) is 11.7. The topological polar surface area (TPSA) is 37.3 Å². The van der Waals surface area contributed by atoms with E-state index in [0.29, 0.717) is 24.5 Å². The van der Waals surface area contributed by atoms with Crippen molar-refractivity contribution in [3.63, 3.8) is 0 Å². The molecule has 1 aliphatic rings. The minimum Gasteiger partial charge on any atom is -0.392 e. The number of rotatable bonds is 3. The zero-order chi connectivity index (χ0) is 13.1. The van der Waals surface area contributed by atoms with Crippen LogP contribution in [0.3, 0.4) is 0 Å². The zero-order valence-corrected chi connectivity index (χ0v) is 10.9. The van der Waals surface area contributed by atoms with Crippen LogP contribution in [0.1, 0.15) is 43.2 Å². The molecule has 1 aromatic rings. The van der Waals surface area contributed by atoms with E-state index < -0.39 is 0 Å². The van der Waals surface area contributed by atoms with E-state index in [4.69, 9.17) is 5.11 Å². The fraction of sp³-hybridized carbons (Fsp3) is 0.438. The molecule has 0 radical (unpaired) electrons. The Bertz CT molecular complexity index is 445. The van der Waals surface area contributed by atoms with Gasteiger partial charge in [-0.2, -0.15) is 0 Å². The van der Waals surface area contributed by atoms with Crippen molar-refractivity contribution < 1.29 is 9.90 Å². The summed E-state index contributed by atoms with van der Waals surface area (Å²) in [6.07, 6.45) is 2.22. The lowest BCUT2D eigenvalue weighted by molar-refractivity contribution is -0.121. The number of hydrogen-bond acceptors (Lipinski definition) is 2. The molecule has 0 bridgehead atoms. The van der Waals surface area contributed by atoms with Crippen LogP contribution in [-0.4, -0.2) is 10.9 Å². The number of hydrogen-bond donors (Lipinski definition) is 1. The standard InChI is InChI=1S/C16H20O2/c1-11(2)15-8-7-14(18)9-16(15)13-5-3-12(10-17)4-6-13/h3-6,15-17H,1,7-10H2,2H3/t15-,16-/m0/s1. The Kier molecular flexibility index (Phi) is 3.97. The Hall–Kier alpha value is -1.41. The van der Waals surface area contributed by atoms with Gasteiger partial charge in [0.1, 0.15) is 5.78 Å². The first-order valence-electron chi connectivity index (χ1n) is 6.48. The minimum absolute atomic E-state index is 0.0633. The Labute approximate surface area is 108 Å². The van der Waals surface area contributed by atoms with Crippen molar-refractivity contribution in [1.29, 1.82) is 0 Å². The van der Waals surface area contributed by atoms with E-state index in [1.54, 1.807) is 0 Å². The fourth-order valence-electron chi connectivity index (χ4n) is 2.82. The highest BCUT2D eigenvalue weighted by Gasteiger charge is 2.30. The van der Waals surface area contributed by atoms with E-state index in [-0.39, 0.29) is 12.5 Å². The zero-order valence-electron chi connectivity index (χ0n) is 10.9. The highest BCUT2D eigenvalue weighted by Crippen LogP contribution is 2.39. The summed E-state index contributed by atoms with van der Waals surface area (Å²) in [5, 5.41) is 9.05. The summed E-state index contributed by atoms with van der Waals surface area (Å²) in [7, 11) is 0. The minimum atomic E-state index is 0.0633. The first-order chi connectivity index (χ1) is 8.61. The number of aliphatic hydroxyl groups is 1. The van der Waals surface area contributed by atoms with E-state index in [0.717, 1.165) is 12.0 Å². The molecular weight excluding hydrogens is 224 g/mol. The van der Waals surface area contributed by atoms with Crippen molar-refractivity contribution >= 4 is 5.78 Å². The van der Waals surface area contributed by atoms with Crippen LogP contribution in [0.5, 0.6) is 0 Å². The van der Waals surface area contributed by atoms with Gasteiger partial charge in [-0.3, -0.25) is 4.79 Å². The largest absolute Gasteiger partial charge is 0.392 e. The van der Waals surface area contributed by atoms with Gasteiger partial charge in [0.05, 0.1) is 6.61 Å². The van der Waals surface area contributed by atoms with Gasteiger partial charge >= 0.3 is 0 Å². The van der Waals surface area contributed by atoms with Crippen molar-refractivity contribution in [2.24, 2.45) is 5.92 Å². The number of benzene rings is 1. The quantitative estimate of drug-likeness (QED) is 0.829. The molecular formula is C16H20O2. The molecule has 0 saturated heterocycles. The molecule has 2 heteroatoms. The third-order valence-electron chi connectivity index (χ3n) is 3.89. The van der Waals surface area contributed by atoms with Crippen LogP contribution in [0.15, 0.2) is 36.4 Å². The predicted octanol–water partition coefficient (Wildman–Crippen LogP) is 3.21. The lowest BCUT2D eigenvalue weighted by atomic mass is 9.72. The first-order valence-corrected chi connectivity index (χ1v) is 6.48. The van der Waals surface area contributed by atoms with Gasteiger partial charge in [-0.1, -0.05) is 36.4 Å². The molecule has 0 amide bonds. The summed E-state index contributed by atoms with van der Waals surface area (Å²) in [6, 6.07) is 7.93. The molecule has 0 spiro atoms. The second-order valence-corrected chi connectivity index (χ2v) is 5.24. The number of ketones is 1. The summed E-state index contributed by atoms with van der Waals surface area (Å²) in [6.45, 7) is 6.18. The van der Waals surface area contributed by atoms with Gasteiger partial charge in [0, 0.05) is 12.8 Å². The molecule has 0 aliphatic heterocycles. The molecule has 2 nitrogen and oxygen atoms in total. The molecule has 96 valence electrons. The molecule has 0 unspecified atom stereocenters. The molecule has 1 fully saturated rings. The summed E-state index contributed by atoms with van der Waals surface area (Å²) < 4.78 is 0. The monoisotopic (exact) mass is 244 g/mol. The highest BCUT2D eigenvalue weighted by molar-refractivity contribution is 5.80. The van der Waals surface area contributed by atoms with Gasteiger partial charge in [-0.25, -0.2) is 0 Å². The van der Waals surface area contributed by atoms with E-state index >= 15 is 0 Å². The van der Waals surface area contributed by atoms with Crippen LogP contribution < -0.4 is 0 Å². The molecule has 1 N–H and O–H groups in total. The predicted molar refractivity (Wildman–Crippen MR) is 72.3 cm³/mol. The average Bonchev–Trinajstić information content (AvgIpc) is 2.38. The lowest BCUT2D eigenvalue weighted by Gasteiger charge is -2.31. The SMILES string of the molecule is C=C(C)[C@@H]1CCC(=O)C[C@H]1c1ccc(CO)cc1. The molecule has 2 atom stereocenters. The van der Waals surface area contributed by atoms with Gasteiger partial charge in [0.2, 0.25) is 0 Å². The van der Waals surface area contributed by atoms with E-state index in [2.05, 4.69) is 13.5 Å². The Balaban J connectivity index is 2.25. The number of Topliss-reactive ketones (excluding diaryl/α,β-unsaturated/α-hetero) is 1. The normalized spacial score (nSPS) is 24.0. The molecule has 2 rings (SSSR count). The van der Waals surface area contributed by atoms with Crippen LogP contribution in [0.4, 0.5) is 0 Å². The van der Waals surface area contributed by atoms with Crippen LogP contribution in [0, 0.1) is 5.92 Å². The second-order valence-electron chi connectivity index (χ2n) is 5.24. The summed E-state index contributed by atoms with van der Waals surface area (Å²) in [5.74, 6) is 1.02. The number of carbonyl (C=O) groups excluding carboxylic acids is 1. The van der Waals surface area contributed by atoms with Crippen molar-refractivity contribution in [3.8, 4) is 0 Å². The third-order valence-corrected chi connectivity index (χ3v) is 3.89. The van der Waals surface area contributed by atoms with Crippen LogP contribution in [-0.2, 0) is 11.4 Å². The van der Waals surface area contributed by atoms with E-state index in [9.17, 15) is 4.79 Å². The average molecular weight is 244 g/mol. The van der Waals surface area contributed by atoms with Crippen molar-refractivity contribution in [1.82, 2.24) is 0 Å². The number of allylic oxidation sites excluding steroid dienone is 1. The first kappa shape index (κ1) is 13.0. The van der Waals surface area contributed by atoms with Gasteiger partial charge < -0.3 is 5.11 Å². The van der Waals surface area contributed by atoms with E-state index in [1.807, 2.05) is 24.3 Å². The third kappa shape index (κ3) is 2.70. The van der Waals surface area contributed by atoms with E-state index in [1.165, 1.54) is 11.1 Å². The van der Waals surface area contributed by atoms with Crippen molar-refractivity contribution in [2.75, 3.05) is 0 Å².